The molecule has 0 aromatic heterocycles. The van der Waals surface area contributed by atoms with Gasteiger partial charge in [-0.2, -0.15) is 8.42 Å². The van der Waals surface area contributed by atoms with E-state index in [4.69, 9.17) is 8.92 Å². The molecule has 0 aliphatic heterocycles. The molecule has 0 heterocycles. The van der Waals surface area contributed by atoms with Crippen molar-refractivity contribution in [1.82, 2.24) is 0 Å². The van der Waals surface area contributed by atoms with E-state index in [1.807, 2.05) is 50.2 Å². The molecule has 0 saturated carbocycles. The number of ether oxygens (including phenoxy) is 1. The Labute approximate surface area is 258 Å². The summed E-state index contributed by atoms with van der Waals surface area (Å²) in [6.07, 6.45) is 11.9. The molecule has 3 rings (SSSR count). The molecule has 3 aromatic rings. The number of aliphatic hydroxyl groups excluding tert-OH is 1. The summed E-state index contributed by atoms with van der Waals surface area (Å²) in [5.74, 6) is 0.0761. The second kappa shape index (κ2) is 18.7. The predicted molar refractivity (Wildman–Crippen MR) is 172 cm³/mol. The Hall–Kier alpha value is -2.84. The summed E-state index contributed by atoms with van der Waals surface area (Å²) in [6, 6.07) is 22.2. The van der Waals surface area contributed by atoms with Crippen LogP contribution in [-0.4, -0.2) is 45.2 Å². The molecule has 1 atom stereocenters. The lowest BCUT2D eigenvalue weighted by Gasteiger charge is -2.12. The Kier molecular flexibility index (Phi) is 15.1. The van der Waals surface area contributed by atoms with E-state index >= 15 is 0 Å². The summed E-state index contributed by atoms with van der Waals surface area (Å²) in [5, 5.41) is 9.98. The Morgan fingerprint density at radius 1 is 0.651 bits per heavy atom. The molecule has 7 heteroatoms. The number of aliphatic hydroxyl groups is 1. The van der Waals surface area contributed by atoms with Crippen molar-refractivity contribution in [2.24, 2.45) is 0 Å². The molecule has 0 radical (unpaired) electrons. The van der Waals surface area contributed by atoms with E-state index in [0.29, 0.717) is 6.61 Å². The molecule has 3 aromatic carbocycles. The lowest BCUT2D eigenvalue weighted by molar-refractivity contribution is 0.0122. The Balaban J connectivity index is 1.11. The van der Waals surface area contributed by atoms with Gasteiger partial charge in [0.2, 0.25) is 0 Å². The normalized spacial score (nSPS) is 12.3. The standard InChI is InChI=1S/C36H48O6S/c1-29-14-20-32(21-15-29)36(38)33-22-18-31(19-23-33)13-11-9-7-5-3-4-6-8-10-12-26-41-27-34(37)28-42-43(39,40)35-24-16-30(2)17-25-35/h14-25,34,37H,3-13,26-28H2,1-2H3/t34-/m1/s1. The van der Waals surface area contributed by atoms with Crippen LogP contribution in [0.15, 0.2) is 77.7 Å². The van der Waals surface area contributed by atoms with Crippen LogP contribution < -0.4 is 0 Å². The molecule has 0 aliphatic carbocycles. The number of ketones is 1. The van der Waals surface area contributed by atoms with E-state index in [1.165, 1.54) is 69.1 Å². The van der Waals surface area contributed by atoms with Crippen molar-refractivity contribution >= 4 is 15.9 Å². The molecule has 0 fully saturated rings. The fourth-order valence-electron chi connectivity index (χ4n) is 4.85. The van der Waals surface area contributed by atoms with Gasteiger partial charge in [0.15, 0.2) is 5.78 Å². The van der Waals surface area contributed by atoms with Gasteiger partial charge >= 0.3 is 0 Å². The lowest BCUT2D eigenvalue weighted by Crippen LogP contribution is -2.24. The van der Waals surface area contributed by atoms with Gasteiger partial charge in [-0.15, -0.1) is 0 Å². The average molecular weight is 609 g/mol. The van der Waals surface area contributed by atoms with Crippen LogP contribution in [0.5, 0.6) is 0 Å². The minimum absolute atomic E-state index is 0.0580. The highest BCUT2D eigenvalue weighted by atomic mass is 32.2. The van der Waals surface area contributed by atoms with Crippen molar-refractivity contribution in [1.29, 1.82) is 0 Å². The number of carbonyl (C=O) groups is 1. The van der Waals surface area contributed by atoms with Gasteiger partial charge in [-0.1, -0.05) is 123 Å². The van der Waals surface area contributed by atoms with E-state index in [0.717, 1.165) is 41.5 Å². The molecule has 0 bridgehead atoms. The number of carbonyl (C=O) groups excluding carboxylic acids is 1. The van der Waals surface area contributed by atoms with E-state index in [1.54, 1.807) is 12.1 Å². The quantitative estimate of drug-likeness (QED) is 0.0755. The Morgan fingerprint density at radius 2 is 1.12 bits per heavy atom. The molecule has 0 amide bonds. The van der Waals surface area contributed by atoms with Crippen LogP contribution in [0.25, 0.3) is 0 Å². The highest BCUT2D eigenvalue weighted by Crippen LogP contribution is 2.16. The Bertz CT molecular complexity index is 1320. The maximum Gasteiger partial charge on any atom is 0.297 e. The van der Waals surface area contributed by atoms with Crippen LogP contribution >= 0.6 is 0 Å². The van der Waals surface area contributed by atoms with Gasteiger partial charge in [0.1, 0.15) is 6.10 Å². The highest BCUT2D eigenvalue weighted by Gasteiger charge is 2.17. The van der Waals surface area contributed by atoms with Crippen LogP contribution in [0.1, 0.15) is 96.8 Å². The number of rotatable bonds is 21. The van der Waals surface area contributed by atoms with E-state index < -0.39 is 16.2 Å². The molecule has 6 nitrogen and oxygen atoms in total. The van der Waals surface area contributed by atoms with Gasteiger partial charge in [-0.3, -0.25) is 8.98 Å². The first-order chi connectivity index (χ1) is 20.7. The number of hydrogen-bond donors (Lipinski definition) is 1. The summed E-state index contributed by atoms with van der Waals surface area (Å²) in [5.41, 5.74) is 4.88. The van der Waals surface area contributed by atoms with Gasteiger partial charge in [0.05, 0.1) is 18.1 Å². The third kappa shape index (κ3) is 13.1. The molecule has 43 heavy (non-hydrogen) atoms. The number of aryl methyl sites for hydroxylation is 3. The van der Waals surface area contributed by atoms with Crippen molar-refractivity contribution < 1.29 is 27.2 Å². The minimum atomic E-state index is -3.88. The van der Waals surface area contributed by atoms with Crippen LogP contribution in [0.2, 0.25) is 0 Å². The first kappa shape index (κ1) is 34.6. The number of benzene rings is 3. The van der Waals surface area contributed by atoms with E-state index in [-0.39, 0.29) is 23.9 Å². The van der Waals surface area contributed by atoms with Crippen LogP contribution in [0.3, 0.4) is 0 Å². The number of hydrogen-bond acceptors (Lipinski definition) is 6. The SMILES string of the molecule is Cc1ccc(C(=O)c2ccc(CCCCCCCCCCCCOC[C@@H](O)COS(=O)(=O)c3ccc(C)cc3)cc2)cc1. The first-order valence-electron chi connectivity index (χ1n) is 15.7. The van der Waals surface area contributed by atoms with Gasteiger partial charge in [0.25, 0.3) is 10.1 Å². The molecule has 0 unspecified atom stereocenters. The van der Waals surface area contributed by atoms with Crippen LogP contribution in [0.4, 0.5) is 0 Å². The molecular formula is C36H48O6S. The molecule has 1 N–H and O–H groups in total. The van der Waals surface area contributed by atoms with Crippen molar-refractivity contribution in [2.75, 3.05) is 19.8 Å². The zero-order chi connectivity index (χ0) is 30.9. The lowest BCUT2D eigenvalue weighted by atomic mass is 9.99. The van der Waals surface area contributed by atoms with Gasteiger partial charge in [0, 0.05) is 17.7 Å². The largest absolute Gasteiger partial charge is 0.388 e. The minimum Gasteiger partial charge on any atom is -0.388 e. The first-order valence-corrected chi connectivity index (χ1v) is 17.1. The smallest absolute Gasteiger partial charge is 0.297 e. The fraction of sp³-hybridized carbons (Fsp3) is 0.472. The molecular weight excluding hydrogens is 560 g/mol. The van der Waals surface area contributed by atoms with Crippen molar-refractivity contribution in [2.45, 2.75) is 95.5 Å². The molecule has 0 saturated heterocycles. The van der Waals surface area contributed by atoms with E-state index in [2.05, 4.69) is 12.1 Å². The van der Waals surface area contributed by atoms with Gasteiger partial charge in [-0.05, 0) is 50.8 Å². The maximum atomic E-state index is 12.6. The van der Waals surface area contributed by atoms with Crippen molar-refractivity contribution in [3.05, 3.63) is 101 Å². The second-order valence-electron chi connectivity index (χ2n) is 11.5. The monoisotopic (exact) mass is 608 g/mol. The third-order valence-corrected chi connectivity index (χ3v) is 8.87. The summed E-state index contributed by atoms with van der Waals surface area (Å²) < 4.78 is 34.8. The van der Waals surface area contributed by atoms with Crippen LogP contribution in [0, 0.1) is 13.8 Å². The maximum absolute atomic E-state index is 12.6. The topological polar surface area (TPSA) is 89.9 Å². The Morgan fingerprint density at radius 3 is 1.67 bits per heavy atom. The van der Waals surface area contributed by atoms with E-state index in [9.17, 15) is 18.3 Å². The van der Waals surface area contributed by atoms with Gasteiger partial charge in [-0.25, -0.2) is 0 Å². The summed E-state index contributed by atoms with van der Waals surface area (Å²) >= 11 is 0. The van der Waals surface area contributed by atoms with Crippen molar-refractivity contribution in [3.8, 4) is 0 Å². The summed E-state index contributed by atoms with van der Waals surface area (Å²) in [4.78, 5) is 12.7. The third-order valence-electron chi connectivity index (χ3n) is 7.57. The van der Waals surface area contributed by atoms with Crippen molar-refractivity contribution in [3.63, 3.8) is 0 Å². The average Bonchev–Trinajstić information content (AvgIpc) is 3.01. The fourth-order valence-corrected chi connectivity index (χ4v) is 5.79. The summed E-state index contributed by atoms with van der Waals surface area (Å²) in [6.45, 7) is 4.19. The molecule has 234 valence electrons. The predicted octanol–water partition coefficient (Wildman–Crippen LogP) is 7.76. The zero-order valence-electron chi connectivity index (χ0n) is 25.8. The van der Waals surface area contributed by atoms with Gasteiger partial charge < -0.3 is 9.84 Å². The molecule has 0 aliphatic rings. The number of unbranched alkanes of at least 4 members (excludes halogenated alkanes) is 9. The molecule has 0 spiro atoms. The zero-order valence-corrected chi connectivity index (χ0v) is 26.6. The summed E-state index contributed by atoms with van der Waals surface area (Å²) in [7, 11) is -3.88. The van der Waals surface area contributed by atoms with Crippen LogP contribution in [-0.2, 0) is 25.5 Å². The second-order valence-corrected chi connectivity index (χ2v) is 13.1. The highest BCUT2D eigenvalue weighted by molar-refractivity contribution is 7.86.